The zero-order chi connectivity index (χ0) is 21.5. The average molecular weight is 405 g/mol. The zero-order valence-corrected chi connectivity index (χ0v) is 17.7. The largest absolute Gasteiger partial charge is 0.337 e. The number of hydrogen-bond acceptors (Lipinski definition) is 2. The summed E-state index contributed by atoms with van der Waals surface area (Å²) in [6.45, 7) is 4.69. The van der Waals surface area contributed by atoms with Gasteiger partial charge in [-0.2, -0.15) is 0 Å². The summed E-state index contributed by atoms with van der Waals surface area (Å²) < 4.78 is 2.03. The van der Waals surface area contributed by atoms with Gasteiger partial charge in [0.1, 0.15) is 0 Å². The van der Waals surface area contributed by atoms with E-state index < -0.39 is 0 Å². The fraction of sp³-hybridized carbons (Fsp3) is 0.143. The molecule has 4 aromatic rings. The van der Waals surface area contributed by atoms with Crippen LogP contribution < -0.4 is 0 Å². The molecule has 31 heavy (non-hydrogen) atoms. The van der Waals surface area contributed by atoms with Crippen molar-refractivity contribution >= 4 is 11.6 Å². The van der Waals surface area contributed by atoms with Crippen LogP contribution in [0, 0.1) is 13.8 Å². The number of carbonyl (C=O) groups excluding carboxylic acids is 2. The Kier molecular flexibility index (Phi) is 4.67. The summed E-state index contributed by atoms with van der Waals surface area (Å²) in [6.07, 6.45) is 0.837. The highest BCUT2D eigenvalue weighted by atomic mass is 16.1. The van der Waals surface area contributed by atoms with Crippen LogP contribution in [0.4, 0.5) is 0 Å². The number of aromatic nitrogens is 1. The van der Waals surface area contributed by atoms with Crippen molar-refractivity contribution in [2.75, 3.05) is 0 Å². The van der Waals surface area contributed by atoms with Gasteiger partial charge in [0.25, 0.3) is 0 Å². The summed E-state index contributed by atoms with van der Waals surface area (Å²) in [5, 5.41) is 0. The Hall–Kier alpha value is -3.72. The van der Waals surface area contributed by atoms with Crippen LogP contribution in [0.5, 0.6) is 0 Å². The van der Waals surface area contributed by atoms with Crippen molar-refractivity contribution in [1.82, 2.24) is 4.57 Å². The van der Waals surface area contributed by atoms with Crippen LogP contribution in [0.3, 0.4) is 0 Å². The van der Waals surface area contributed by atoms with Crippen molar-refractivity contribution in [3.8, 4) is 11.3 Å². The number of benzene rings is 3. The van der Waals surface area contributed by atoms with Crippen LogP contribution in [0.1, 0.15) is 48.7 Å². The molecule has 2 heterocycles. The van der Waals surface area contributed by atoms with Crippen molar-refractivity contribution in [1.29, 1.82) is 0 Å². The molecule has 0 atom stereocenters. The van der Waals surface area contributed by atoms with Gasteiger partial charge in [-0.3, -0.25) is 9.59 Å². The van der Waals surface area contributed by atoms with Crippen LogP contribution in [0.15, 0.2) is 78.9 Å². The van der Waals surface area contributed by atoms with Crippen molar-refractivity contribution in [2.24, 2.45) is 0 Å². The highest BCUT2D eigenvalue weighted by Crippen LogP contribution is 2.36. The van der Waals surface area contributed by atoms with Gasteiger partial charge in [0, 0.05) is 28.8 Å². The number of rotatable bonds is 4. The van der Waals surface area contributed by atoms with Crippen molar-refractivity contribution in [2.45, 2.75) is 26.8 Å². The SMILES string of the molecule is Cc1ccc(C(=O)c2cc(C(=O)c3ccc(C)cc3)n3c2-c2ccccc2CC3)cc1. The van der Waals surface area contributed by atoms with Gasteiger partial charge in [-0.05, 0) is 31.9 Å². The Morgan fingerprint density at radius 2 is 1.32 bits per heavy atom. The summed E-state index contributed by atoms with van der Waals surface area (Å²) in [5.74, 6) is -0.105. The highest BCUT2D eigenvalue weighted by molar-refractivity contribution is 6.16. The molecule has 0 saturated heterocycles. The van der Waals surface area contributed by atoms with Gasteiger partial charge in [-0.15, -0.1) is 0 Å². The summed E-state index contributed by atoms with van der Waals surface area (Å²) in [5.41, 5.74) is 7.75. The maximum atomic E-state index is 13.5. The first kappa shape index (κ1) is 19.3. The first-order valence-corrected chi connectivity index (χ1v) is 10.6. The molecule has 0 fully saturated rings. The molecular formula is C28H23NO2. The van der Waals surface area contributed by atoms with E-state index in [2.05, 4.69) is 6.07 Å². The number of hydrogen-bond donors (Lipinski definition) is 0. The number of ketones is 2. The van der Waals surface area contributed by atoms with Gasteiger partial charge in [0.15, 0.2) is 5.78 Å². The number of fused-ring (bicyclic) bond motifs is 3. The van der Waals surface area contributed by atoms with E-state index in [0.29, 0.717) is 28.9 Å². The fourth-order valence-corrected chi connectivity index (χ4v) is 4.35. The molecule has 0 bridgehead atoms. The van der Waals surface area contributed by atoms with E-state index in [9.17, 15) is 9.59 Å². The Morgan fingerprint density at radius 1 is 0.742 bits per heavy atom. The summed E-state index contributed by atoms with van der Waals surface area (Å²) in [7, 11) is 0. The van der Waals surface area contributed by atoms with E-state index in [1.165, 1.54) is 5.56 Å². The third kappa shape index (κ3) is 3.32. The Morgan fingerprint density at radius 3 is 1.97 bits per heavy atom. The normalized spacial score (nSPS) is 12.2. The molecule has 0 aliphatic carbocycles. The summed E-state index contributed by atoms with van der Waals surface area (Å²) >= 11 is 0. The highest BCUT2D eigenvalue weighted by Gasteiger charge is 2.29. The predicted octanol–water partition coefficient (Wildman–Crippen LogP) is 5.79. The van der Waals surface area contributed by atoms with E-state index in [1.807, 2.05) is 85.1 Å². The molecule has 3 heteroatoms. The fourth-order valence-electron chi connectivity index (χ4n) is 4.35. The quantitative estimate of drug-likeness (QED) is 0.403. The molecule has 5 rings (SSSR count). The molecule has 1 aromatic heterocycles. The Bertz CT molecular complexity index is 1310. The van der Waals surface area contributed by atoms with Crippen molar-refractivity contribution in [3.05, 3.63) is 118 Å². The molecule has 1 aliphatic heterocycles. The van der Waals surface area contributed by atoms with E-state index in [0.717, 1.165) is 28.8 Å². The molecular weight excluding hydrogens is 382 g/mol. The van der Waals surface area contributed by atoms with Crippen LogP contribution in [-0.2, 0) is 13.0 Å². The van der Waals surface area contributed by atoms with Gasteiger partial charge in [0.2, 0.25) is 5.78 Å². The molecule has 3 nitrogen and oxygen atoms in total. The monoisotopic (exact) mass is 405 g/mol. The van der Waals surface area contributed by atoms with Gasteiger partial charge in [-0.25, -0.2) is 0 Å². The molecule has 0 N–H and O–H groups in total. The summed E-state index contributed by atoms with van der Waals surface area (Å²) in [6, 6.07) is 25.2. The number of aryl methyl sites for hydroxylation is 3. The standard InChI is InChI=1S/C28H23NO2/c1-18-7-11-21(12-8-18)27(30)24-17-25(28(31)22-13-9-19(2)10-14-22)29-16-15-20-5-3-4-6-23(20)26(24)29/h3-14,17H,15-16H2,1-2H3. The van der Waals surface area contributed by atoms with Crippen LogP contribution in [0.2, 0.25) is 0 Å². The minimum atomic E-state index is -0.0524. The smallest absolute Gasteiger partial charge is 0.209 e. The molecule has 0 saturated carbocycles. The third-order valence-electron chi connectivity index (χ3n) is 6.08. The molecule has 0 spiro atoms. The lowest BCUT2D eigenvalue weighted by Gasteiger charge is -2.22. The second-order valence-corrected chi connectivity index (χ2v) is 8.24. The van der Waals surface area contributed by atoms with E-state index in [1.54, 1.807) is 6.07 Å². The average Bonchev–Trinajstić information content (AvgIpc) is 3.19. The lowest BCUT2D eigenvalue weighted by atomic mass is 9.93. The topological polar surface area (TPSA) is 39.1 Å². The van der Waals surface area contributed by atoms with E-state index >= 15 is 0 Å². The Labute approximate surface area is 182 Å². The second kappa shape index (κ2) is 7.51. The summed E-state index contributed by atoms with van der Waals surface area (Å²) in [4.78, 5) is 27.0. The molecule has 0 amide bonds. The van der Waals surface area contributed by atoms with Crippen LogP contribution >= 0.6 is 0 Å². The molecule has 152 valence electrons. The van der Waals surface area contributed by atoms with Crippen molar-refractivity contribution < 1.29 is 9.59 Å². The van der Waals surface area contributed by atoms with Crippen LogP contribution in [-0.4, -0.2) is 16.1 Å². The molecule has 1 aliphatic rings. The second-order valence-electron chi connectivity index (χ2n) is 8.24. The van der Waals surface area contributed by atoms with Gasteiger partial charge in [-0.1, -0.05) is 83.9 Å². The van der Waals surface area contributed by atoms with Gasteiger partial charge in [0.05, 0.1) is 11.4 Å². The first-order chi connectivity index (χ1) is 15.0. The van der Waals surface area contributed by atoms with Gasteiger partial charge >= 0.3 is 0 Å². The van der Waals surface area contributed by atoms with E-state index in [4.69, 9.17) is 0 Å². The molecule has 0 radical (unpaired) electrons. The predicted molar refractivity (Wildman–Crippen MR) is 123 cm³/mol. The Balaban J connectivity index is 1.70. The lowest BCUT2D eigenvalue weighted by Crippen LogP contribution is -2.17. The first-order valence-electron chi connectivity index (χ1n) is 10.6. The minimum Gasteiger partial charge on any atom is -0.337 e. The number of carbonyl (C=O) groups is 2. The third-order valence-corrected chi connectivity index (χ3v) is 6.08. The van der Waals surface area contributed by atoms with E-state index in [-0.39, 0.29) is 11.6 Å². The van der Waals surface area contributed by atoms with Crippen LogP contribution in [0.25, 0.3) is 11.3 Å². The minimum absolute atomic E-state index is 0.0522. The zero-order valence-electron chi connectivity index (χ0n) is 17.7. The van der Waals surface area contributed by atoms with Gasteiger partial charge < -0.3 is 4.57 Å². The maximum Gasteiger partial charge on any atom is 0.209 e. The lowest BCUT2D eigenvalue weighted by molar-refractivity contribution is 0.102. The number of nitrogens with zero attached hydrogens (tertiary/aromatic N) is 1. The van der Waals surface area contributed by atoms with Crippen molar-refractivity contribution in [3.63, 3.8) is 0 Å². The molecule has 3 aromatic carbocycles. The maximum absolute atomic E-state index is 13.5. The molecule has 0 unspecified atom stereocenters.